The van der Waals surface area contributed by atoms with Gasteiger partial charge in [0.1, 0.15) is 6.54 Å². The van der Waals surface area contributed by atoms with Crippen LogP contribution in [0.3, 0.4) is 0 Å². The molecule has 1 rings (SSSR count). The van der Waals surface area contributed by atoms with E-state index < -0.39 is 0 Å². The van der Waals surface area contributed by atoms with E-state index in [0.717, 1.165) is 13.2 Å². The lowest BCUT2D eigenvalue weighted by Crippen LogP contribution is -3.00. The van der Waals surface area contributed by atoms with Gasteiger partial charge in [0, 0.05) is 6.61 Å². The molecule has 1 aliphatic heterocycles. The molecule has 0 saturated carbocycles. The molecule has 80 valence electrons. The molecule has 0 spiro atoms. The molecule has 0 atom stereocenters. The second kappa shape index (κ2) is 6.80. The molecule has 0 aromatic heterocycles. The maximum Gasteiger partial charge on any atom is 0.102 e. The Morgan fingerprint density at radius 2 is 1.77 bits per heavy atom. The molecule has 0 radical (unpaired) electrons. The van der Waals surface area contributed by atoms with Crippen molar-refractivity contribution in [2.24, 2.45) is 0 Å². The van der Waals surface area contributed by atoms with Gasteiger partial charge in [0.05, 0.1) is 26.7 Å². The summed E-state index contributed by atoms with van der Waals surface area (Å²) in [5, 5.41) is 0. The van der Waals surface area contributed by atoms with Crippen LogP contribution >= 0.6 is 0 Å². The molecule has 0 bridgehead atoms. The number of ether oxygens (including phenoxy) is 1. The summed E-state index contributed by atoms with van der Waals surface area (Å²) in [7, 11) is 2.36. The first-order chi connectivity index (χ1) is 5.77. The van der Waals surface area contributed by atoms with Crippen LogP contribution in [-0.4, -0.2) is 44.4 Å². The maximum absolute atomic E-state index is 5.39. The van der Waals surface area contributed by atoms with Crippen molar-refractivity contribution in [3.63, 3.8) is 0 Å². The zero-order chi connectivity index (χ0) is 8.86. The molecule has 0 N–H and O–H groups in total. The summed E-state index contributed by atoms with van der Waals surface area (Å²) in [6.07, 6.45) is 4.24. The number of piperidine rings is 1. The number of rotatable bonds is 4. The SMILES string of the molecule is CCOCC[N+]1(C)CCCCC1.[Br-]. The first kappa shape index (κ1) is 13.4. The molecule has 13 heavy (non-hydrogen) atoms. The van der Waals surface area contributed by atoms with Crippen molar-refractivity contribution in [2.45, 2.75) is 26.2 Å². The Hall–Kier alpha value is 0.400. The fraction of sp³-hybridized carbons (Fsp3) is 1.00. The van der Waals surface area contributed by atoms with E-state index in [1.807, 2.05) is 0 Å². The zero-order valence-corrected chi connectivity index (χ0v) is 10.5. The fourth-order valence-electron chi connectivity index (χ4n) is 1.93. The minimum absolute atomic E-state index is 0. The molecule has 0 amide bonds. The molecule has 1 aliphatic rings. The van der Waals surface area contributed by atoms with E-state index in [0.29, 0.717) is 0 Å². The lowest BCUT2D eigenvalue weighted by Gasteiger charge is -2.37. The van der Waals surface area contributed by atoms with Crippen LogP contribution in [0.25, 0.3) is 0 Å². The number of hydrogen-bond donors (Lipinski definition) is 0. The second-order valence-corrected chi connectivity index (χ2v) is 4.05. The quantitative estimate of drug-likeness (QED) is 0.444. The Morgan fingerprint density at radius 3 is 2.31 bits per heavy atom. The molecule has 0 aliphatic carbocycles. The minimum atomic E-state index is 0. The molecule has 1 fully saturated rings. The maximum atomic E-state index is 5.39. The van der Waals surface area contributed by atoms with Crippen LogP contribution in [0.4, 0.5) is 0 Å². The van der Waals surface area contributed by atoms with E-state index in [-0.39, 0.29) is 17.0 Å². The van der Waals surface area contributed by atoms with Gasteiger partial charge in [-0.25, -0.2) is 0 Å². The van der Waals surface area contributed by atoms with Crippen LogP contribution in [0, 0.1) is 0 Å². The van der Waals surface area contributed by atoms with E-state index in [1.54, 1.807) is 0 Å². The molecule has 1 heterocycles. The van der Waals surface area contributed by atoms with Gasteiger partial charge in [0.15, 0.2) is 0 Å². The van der Waals surface area contributed by atoms with Gasteiger partial charge in [-0.3, -0.25) is 0 Å². The van der Waals surface area contributed by atoms with Crippen LogP contribution in [0.15, 0.2) is 0 Å². The van der Waals surface area contributed by atoms with Gasteiger partial charge < -0.3 is 26.2 Å². The first-order valence-electron chi connectivity index (χ1n) is 5.18. The third-order valence-electron chi connectivity index (χ3n) is 2.88. The monoisotopic (exact) mass is 251 g/mol. The Balaban J connectivity index is 0.00000144. The van der Waals surface area contributed by atoms with Crippen molar-refractivity contribution in [1.82, 2.24) is 0 Å². The number of likely N-dealkylation sites (N-methyl/N-ethyl adjacent to an activating group) is 1. The molecule has 1 saturated heterocycles. The lowest BCUT2D eigenvalue weighted by atomic mass is 10.1. The zero-order valence-electron chi connectivity index (χ0n) is 8.89. The smallest absolute Gasteiger partial charge is 0.102 e. The van der Waals surface area contributed by atoms with Crippen molar-refractivity contribution in [3.8, 4) is 0 Å². The Bertz CT molecular complexity index is 124. The number of nitrogens with zero attached hydrogens (tertiary/aromatic N) is 1. The number of quaternary nitrogens is 1. The summed E-state index contributed by atoms with van der Waals surface area (Å²) in [5.41, 5.74) is 0. The van der Waals surface area contributed by atoms with Crippen LogP contribution < -0.4 is 17.0 Å². The highest BCUT2D eigenvalue weighted by Gasteiger charge is 2.23. The summed E-state index contributed by atoms with van der Waals surface area (Å²) < 4.78 is 6.62. The Labute approximate surface area is 92.6 Å². The highest BCUT2D eigenvalue weighted by Crippen LogP contribution is 2.15. The second-order valence-electron chi connectivity index (χ2n) is 4.05. The predicted octanol–water partition coefficient (Wildman–Crippen LogP) is -1.34. The van der Waals surface area contributed by atoms with Gasteiger partial charge in [-0.05, 0) is 26.2 Å². The largest absolute Gasteiger partial charge is 1.00 e. The van der Waals surface area contributed by atoms with Gasteiger partial charge >= 0.3 is 0 Å². The Kier molecular flexibility index (Phi) is 7.00. The third kappa shape index (κ3) is 4.99. The summed E-state index contributed by atoms with van der Waals surface area (Å²) in [5.74, 6) is 0. The van der Waals surface area contributed by atoms with Crippen LogP contribution in [0.2, 0.25) is 0 Å². The van der Waals surface area contributed by atoms with Crippen LogP contribution in [-0.2, 0) is 4.74 Å². The standard InChI is InChI=1S/C10H22NO.BrH/c1-3-12-10-9-11(2)7-5-4-6-8-11;/h3-10H2,1-2H3;1H/q+1;/p-1. The summed E-state index contributed by atoms with van der Waals surface area (Å²) in [4.78, 5) is 0. The Morgan fingerprint density at radius 1 is 1.15 bits per heavy atom. The van der Waals surface area contributed by atoms with Gasteiger partial charge in [-0.15, -0.1) is 0 Å². The third-order valence-corrected chi connectivity index (χ3v) is 2.88. The summed E-state index contributed by atoms with van der Waals surface area (Å²) in [6.45, 7) is 7.77. The van der Waals surface area contributed by atoms with Crippen LogP contribution in [0.1, 0.15) is 26.2 Å². The van der Waals surface area contributed by atoms with E-state index in [4.69, 9.17) is 4.74 Å². The lowest BCUT2D eigenvalue weighted by molar-refractivity contribution is -0.914. The molecular formula is C10H22BrNO. The van der Waals surface area contributed by atoms with Crippen molar-refractivity contribution < 1.29 is 26.2 Å². The van der Waals surface area contributed by atoms with Crippen LogP contribution in [0.5, 0.6) is 0 Å². The van der Waals surface area contributed by atoms with Crippen molar-refractivity contribution in [3.05, 3.63) is 0 Å². The predicted molar refractivity (Wildman–Crippen MR) is 51.1 cm³/mol. The van der Waals surface area contributed by atoms with E-state index in [9.17, 15) is 0 Å². The van der Waals surface area contributed by atoms with Crippen molar-refractivity contribution >= 4 is 0 Å². The number of hydrogen-bond acceptors (Lipinski definition) is 1. The highest BCUT2D eigenvalue weighted by atomic mass is 79.9. The fourth-order valence-corrected chi connectivity index (χ4v) is 1.93. The molecule has 0 aromatic carbocycles. The normalized spacial score (nSPS) is 20.8. The first-order valence-corrected chi connectivity index (χ1v) is 5.18. The van der Waals surface area contributed by atoms with E-state index in [2.05, 4.69) is 14.0 Å². The average molecular weight is 252 g/mol. The van der Waals surface area contributed by atoms with Gasteiger partial charge in [0.2, 0.25) is 0 Å². The number of halogens is 1. The van der Waals surface area contributed by atoms with Crippen molar-refractivity contribution in [2.75, 3.05) is 39.9 Å². The molecule has 0 aromatic rings. The topological polar surface area (TPSA) is 9.23 Å². The van der Waals surface area contributed by atoms with E-state index >= 15 is 0 Å². The summed E-state index contributed by atoms with van der Waals surface area (Å²) >= 11 is 0. The molecule has 0 unspecified atom stereocenters. The molecular weight excluding hydrogens is 230 g/mol. The van der Waals surface area contributed by atoms with Gasteiger partial charge in [-0.1, -0.05) is 0 Å². The van der Waals surface area contributed by atoms with Gasteiger partial charge in [0.25, 0.3) is 0 Å². The highest BCUT2D eigenvalue weighted by molar-refractivity contribution is 4.51. The van der Waals surface area contributed by atoms with Crippen molar-refractivity contribution in [1.29, 1.82) is 0 Å². The van der Waals surface area contributed by atoms with E-state index in [1.165, 1.54) is 43.4 Å². The number of likely N-dealkylation sites (tertiary alicyclic amines) is 1. The summed E-state index contributed by atoms with van der Waals surface area (Å²) in [6, 6.07) is 0. The molecule has 3 heteroatoms. The van der Waals surface area contributed by atoms with Gasteiger partial charge in [-0.2, -0.15) is 0 Å². The molecule has 2 nitrogen and oxygen atoms in total. The minimum Gasteiger partial charge on any atom is -1.00 e. The average Bonchev–Trinajstić information content (AvgIpc) is 2.06.